The van der Waals surface area contributed by atoms with E-state index in [1.54, 1.807) is 6.07 Å². The van der Waals surface area contributed by atoms with E-state index in [9.17, 15) is 4.79 Å². The average Bonchev–Trinajstić information content (AvgIpc) is 2.80. The Hall–Kier alpha value is -2.98. The first kappa shape index (κ1) is 23.7. The summed E-state index contributed by atoms with van der Waals surface area (Å²) in [4.78, 5) is 13.1. The number of anilines is 1. The molecular weight excluding hydrogens is 422 g/mol. The highest BCUT2D eigenvalue weighted by Gasteiger charge is 2.15. The summed E-state index contributed by atoms with van der Waals surface area (Å²) in [5.74, 6) is 1.28. The van der Waals surface area contributed by atoms with Crippen LogP contribution in [-0.2, 0) is 19.4 Å². The summed E-state index contributed by atoms with van der Waals surface area (Å²) in [5.41, 5.74) is 5.49. The van der Waals surface area contributed by atoms with Gasteiger partial charge in [0, 0.05) is 21.8 Å². The summed E-state index contributed by atoms with van der Waals surface area (Å²) < 4.78 is 11.7. The summed E-state index contributed by atoms with van der Waals surface area (Å²) in [6, 6.07) is 17.2. The number of para-hydroxylation sites is 1. The Morgan fingerprint density at radius 3 is 2.25 bits per heavy atom. The molecule has 0 radical (unpaired) electrons. The molecule has 5 heteroatoms. The van der Waals surface area contributed by atoms with E-state index >= 15 is 0 Å². The van der Waals surface area contributed by atoms with Gasteiger partial charge in [-0.05, 0) is 79.8 Å². The molecule has 4 nitrogen and oxygen atoms in total. The first-order chi connectivity index (χ1) is 15.5. The van der Waals surface area contributed by atoms with Crippen LogP contribution in [0.3, 0.4) is 0 Å². The lowest BCUT2D eigenvalue weighted by Crippen LogP contribution is -2.15. The molecule has 32 heavy (non-hydrogen) atoms. The van der Waals surface area contributed by atoms with Gasteiger partial charge < -0.3 is 14.8 Å². The maximum Gasteiger partial charge on any atom is 0.255 e. The maximum absolute atomic E-state index is 13.1. The normalized spacial score (nSPS) is 10.7. The lowest BCUT2D eigenvalue weighted by Gasteiger charge is -2.16. The van der Waals surface area contributed by atoms with Crippen molar-refractivity contribution in [1.82, 2.24) is 0 Å². The van der Waals surface area contributed by atoms with Gasteiger partial charge in [0.2, 0.25) is 0 Å². The summed E-state index contributed by atoms with van der Waals surface area (Å²) in [6.45, 7) is 8.86. The molecule has 3 aromatic rings. The largest absolute Gasteiger partial charge is 0.493 e. The van der Waals surface area contributed by atoms with Crippen molar-refractivity contribution in [2.24, 2.45) is 0 Å². The van der Waals surface area contributed by atoms with Crippen LogP contribution in [0.15, 0.2) is 54.6 Å². The van der Waals surface area contributed by atoms with Gasteiger partial charge in [-0.3, -0.25) is 4.79 Å². The average molecular weight is 452 g/mol. The zero-order chi connectivity index (χ0) is 23.1. The van der Waals surface area contributed by atoms with Crippen LogP contribution < -0.4 is 14.8 Å². The molecule has 0 aromatic heterocycles. The highest BCUT2D eigenvalue weighted by molar-refractivity contribution is 6.31. The van der Waals surface area contributed by atoms with Crippen molar-refractivity contribution in [2.45, 2.75) is 47.1 Å². The molecule has 168 valence electrons. The van der Waals surface area contributed by atoms with Gasteiger partial charge in [-0.25, -0.2) is 0 Å². The molecule has 0 fully saturated rings. The predicted molar refractivity (Wildman–Crippen MR) is 131 cm³/mol. The standard InChI is InChI=1S/C27H30ClNO3/c1-5-19-9-8-10-20(6-2)26(19)29-27(30)21-11-14-25(31-7-3)22(16-21)17-32-23-12-13-24(28)18(4)15-23/h8-16H,5-7,17H2,1-4H3,(H,29,30). The number of carbonyl (C=O) groups is 1. The second-order valence-electron chi connectivity index (χ2n) is 7.57. The van der Waals surface area contributed by atoms with Crippen LogP contribution in [0.1, 0.15) is 53.4 Å². The lowest BCUT2D eigenvalue weighted by atomic mass is 10.0. The first-order valence-corrected chi connectivity index (χ1v) is 11.4. The molecule has 1 N–H and O–H groups in total. The number of halogens is 1. The molecule has 0 heterocycles. The Labute approximate surface area is 195 Å². The van der Waals surface area contributed by atoms with Crippen LogP contribution >= 0.6 is 11.6 Å². The molecule has 0 bridgehead atoms. The Kier molecular flexibility index (Phi) is 8.18. The van der Waals surface area contributed by atoms with Crippen molar-refractivity contribution in [3.63, 3.8) is 0 Å². The van der Waals surface area contributed by atoms with E-state index in [0.717, 1.165) is 40.8 Å². The van der Waals surface area contributed by atoms with Gasteiger partial charge in [-0.1, -0.05) is 43.6 Å². The van der Waals surface area contributed by atoms with Crippen molar-refractivity contribution >= 4 is 23.2 Å². The number of hydrogen-bond acceptors (Lipinski definition) is 3. The molecule has 0 unspecified atom stereocenters. The van der Waals surface area contributed by atoms with Gasteiger partial charge in [0.05, 0.1) is 6.61 Å². The van der Waals surface area contributed by atoms with E-state index in [0.29, 0.717) is 28.7 Å². The number of carbonyl (C=O) groups excluding carboxylic acids is 1. The molecular formula is C27H30ClNO3. The van der Waals surface area contributed by atoms with E-state index in [-0.39, 0.29) is 12.5 Å². The van der Waals surface area contributed by atoms with Crippen LogP contribution in [-0.4, -0.2) is 12.5 Å². The van der Waals surface area contributed by atoms with Gasteiger partial charge in [-0.2, -0.15) is 0 Å². The number of ether oxygens (including phenoxy) is 2. The van der Waals surface area contributed by atoms with Crippen LogP contribution in [0.25, 0.3) is 0 Å². The number of aryl methyl sites for hydroxylation is 3. The molecule has 0 aliphatic carbocycles. The maximum atomic E-state index is 13.1. The molecule has 0 saturated carbocycles. The van der Waals surface area contributed by atoms with Crippen LogP contribution in [0.5, 0.6) is 11.5 Å². The van der Waals surface area contributed by atoms with Crippen LogP contribution in [0, 0.1) is 6.92 Å². The minimum atomic E-state index is -0.146. The van der Waals surface area contributed by atoms with Gasteiger partial charge in [0.1, 0.15) is 18.1 Å². The SMILES string of the molecule is CCOc1ccc(C(=O)Nc2c(CC)cccc2CC)cc1COc1ccc(Cl)c(C)c1. The first-order valence-electron chi connectivity index (χ1n) is 11.0. The predicted octanol–water partition coefficient (Wildman–Crippen LogP) is 7.00. The summed E-state index contributed by atoms with van der Waals surface area (Å²) in [5, 5.41) is 3.83. The fourth-order valence-electron chi connectivity index (χ4n) is 3.59. The van der Waals surface area contributed by atoms with E-state index < -0.39 is 0 Å². The second kappa shape index (κ2) is 11.1. The zero-order valence-corrected chi connectivity index (χ0v) is 19.9. The highest BCUT2D eigenvalue weighted by atomic mass is 35.5. The van der Waals surface area contributed by atoms with Crippen LogP contribution in [0.2, 0.25) is 5.02 Å². The van der Waals surface area contributed by atoms with E-state index in [1.165, 1.54) is 0 Å². The fourth-order valence-corrected chi connectivity index (χ4v) is 3.70. The van der Waals surface area contributed by atoms with Crippen molar-refractivity contribution in [3.8, 4) is 11.5 Å². The smallest absolute Gasteiger partial charge is 0.255 e. The van der Waals surface area contributed by atoms with Crippen molar-refractivity contribution in [3.05, 3.63) is 87.4 Å². The fraction of sp³-hybridized carbons (Fsp3) is 0.296. The Morgan fingerprint density at radius 1 is 0.906 bits per heavy atom. The monoisotopic (exact) mass is 451 g/mol. The Balaban J connectivity index is 1.85. The van der Waals surface area contributed by atoms with Crippen molar-refractivity contribution in [1.29, 1.82) is 0 Å². The minimum Gasteiger partial charge on any atom is -0.493 e. The molecule has 0 spiro atoms. The molecule has 3 aromatic carbocycles. The van der Waals surface area contributed by atoms with Gasteiger partial charge in [-0.15, -0.1) is 0 Å². The summed E-state index contributed by atoms with van der Waals surface area (Å²) in [6.07, 6.45) is 1.71. The van der Waals surface area contributed by atoms with E-state index in [2.05, 4.69) is 31.3 Å². The van der Waals surface area contributed by atoms with Crippen LogP contribution in [0.4, 0.5) is 5.69 Å². The van der Waals surface area contributed by atoms with Gasteiger partial charge in [0.15, 0.2) is 0 Å². The number of amides is 1. The summed E-state index contributed by atoms with van der Waals surface area (Å²) in [7, 11) is 0. The third kappa shape index (κ3) is 5.63. The molecule has 0 aliphatic rings. The zero-order valence-electron chi connectivity index (χ0n) is 19.1. The summed E-state index contributed by atoms with van der Waals surface area (Å²) >= 11 is 6.11. The van der Waals surface area contributed by atoms with Crippen molar-refractivity contribution < 1.29 is 14.3 Å². The number of benzene rings is 3. The number of hydrogen-bond donors (Lipinski definition) is 1. The second-order valence-corrected chi connectivity index (χ2v) is 7.97. The lowest BCUT2D eigenvalue weighted by molar-refractivity contribution is 0.102. The van der Waals surface area contributed by atoms with Gasteiger partial charge >= 0.3 is 0 Å². The van der Waals surface area contributed by atoms with E-state index in [1.807, 2.05) is 50.2 Å². The number of rotatable bonds is 9. The van der Waals surface area contributed by atoms with E-state index in [4.69, 9.17) is 21.1 Å². The molecule has 0 saturated heterocycles. The molecule has 0 atom stereocenters. The number of nitrogens with one attached hydrogen (secondary N) is 1. The molecule has 0 aliphatic heterocycles. The molecule has 3 rings (SSSR count). The topological polar surface area (TPSA) is 47.6 Å². The quantitative estimate of drug-likeness (QED) is 0.381. The Bertz CT molecular complexity index is 1070. The van der Waals surface area contributed by atoms with Gasteiger partial charge in [0.25, 0.3) is 5.91 Å². The Morgan fingerprint density at radius 2 is 1.62 bits per heavy atom. The third-order valence-electron chi connectivity index (χ3n) is 5.38. The third-order valence-corrected chi connectivity index (χ3v) is 5.81. The highest BCUT2D eigenvalue weighted by Crippen LogP contribution is 2.27. The minimum absolute atomic E-state index is 0.146. The molecule has 1 amide bonds. The van der Waals surface area contributed by atoms with Crippen molar-refractivity contribution in [2.75, 3.05) is 11.9 Å².